The van der Waals surface area contributed by atoms with Crippen molar-refractivity contribution >= 4 is 15.8 Å². The summed E-state index contributed by atoms with van der Waals surface area (Å²) in [5.41, 5.74) is 0. The molecule has 1 aliphatic heterocycles. The first-order valence-electron chi connectivity index (χ1n) is 7.32. The van der Waals surface area contributed by atoms with E-state index in [1.165, 1.54) is 19.2 Å². The van der Waals surface area contributed by atoms with Gasteiger partial charge >= 0.3 is 0 Å². The van der Waals surface area contributed by atoms with Crippen molar-refractivity contribution < 1.29 is 8.42 Å². The van der Waals surface area contributed by atoms with Crippen molar-refractivity contribution in [3.63, 3.8) is 0 Å². The smallest absolute Gasteiger partial charge is 0.191 e. The molecule has 0 aromatic heterocycles. The van der Waals surface area contributed by atoms with Crippen LogP contribution in [0.5, 0.6) is 0 Å². The number of nitrogens with zero attached hydrogens (tertiary/aromatic N) is 2. The van der Waals surface area contributed by atoms with E-state index in [2.05, 4.69) is 27.4 Å². The Morgan fingerprint density at radius 2 is 2.00 bits per heavy atom. The molecule has 1 fully saturated rings. The zero-order valence-corrected chi connectivity index (χ0v) is 13.7. The van der Waals surface area contributed by atoms with Crippen molar-refractivity contribution in [3.8, 4) is 0 Å². The van der Waals surface area contributed by atoms with E-state index in [9.17, 15) is 8.42 Å². The van der Waals surface area contributed by atoms with Gasteiger partial charge in [0.15, 0.2) is 5.96 Å². The monoisotopic (exact) mass is 304 g/mol. The maximum Gasteiger partial charge on any atom is 0.191 e. The molecule has 2 N–H and O–H groups in total. The molecule has 118 valence electrons. The van der Waals surface area contributed by atoms with Gasteiger partial charge in [-0.15, -0.1) is 0 Å². The van der Waals surface area contributed by atoms with Crippen LogP contribution >= 0.6 is 0 Å². The summed E-state index contributed by atoms with van der Waals surface area (Å²) < 4.78 is 22.2. The van der Waals surface area contributed by atoms with Gasteiger partial charge in [-0.2, -0.15) is 0 Å². The number of aliphatic imine (C=N–C) groups is 1. The molecule has 0 bridgehead atoms. The largest absolute Gasteiger partial charge is 0.355 e. The fourth-order valence-electron chi connectivity index (χ4n) is 2.36. The molecule has 20 heavy (non-hydrogen) atoms. The minimum Gasteiger partial charge on any atom is -0.355 e. The first kappa shape index (κ1) is 17.2. The van der Waals surface area contributed by atoms with Crippen molar-refractivity contribution in [2.24, 2.45) is 4.99 Å². The molecular formula is C13H28N4O2S. The minimum atomic E-state index is -2.93. The van der Waals surface area contributed by atoms with Gasteiger partial charge in [0, 0.05) is 39.0 Å². The summed E-state index contributed by atoms with van der Waals surface area (Å²) >= 11 is 0. The number of hydrogen-bond donors (Lipinski definition) is 2. The van der Waals surface area contributed by atoms with Crippen molar-refractivity contribution in [3.05, 3.63) is 0 Å². The molecule has 0 aliphatic carbocycles. The maximum atomic E-state index is 11.1. The summed E-state index contributed by atoms with van der Waals surface area (Å²) in [5.74, 6) is 0.824. The highest BCUT2D eigenvalue weighted by Gasteiger charge is 2.19. The van der Waals surface area contributed by atoms with Gasteiger partial charge in [-0.25, -0.2) is 8.42 Å². The van der Waals surface area contributed by atoms with Gasteiger partial charge in [-0.05, 0) is 25.8 Å². The van der Waals surface area contributed by atoms with E-state index >= 15 is 0 Å². The molecule has 1 rings (SSSR count). The summed E-state index contributed by atoms with van der Waals surface area (Å²) in [7, 11) is -1.22. The Hall–Kier alpha value is -0.820. The summed E-state index contributed by atoms with van der Waals surface area (Å²) in [6.45, 7) is 6.01. The fourth-order valence-corrected chi connectivity index (χ4v) is 2.83. The highest BCUT2D eigenvalue weighted by Crippen LogP contribution is 2.10. The number of nitrogens with one attached hydrogen (secondary N) is 2. The Morgan fingerprint density at radius 1 is 1.35 bits per heavy atom. The molecule has 0 amide bonds. The van der Waals surface area contributed by atoms with Crippen molar-refractivity contribution in [2.75, 3.05) is 45.2 Å². The Kier molecular flexibility index (Phi) is 7.29. The Bertz CT molecular complexity index is 401. The molecule has 0 aromatic rings. The van der Waals surface area contributed by atoms with E-state index in [4.69, 9.17) is 0 Å². The quantitative estimate of drug-likeness (QED) is 0.537. The van der Waals surface area contributed by atoms with E-state index in [-0.39, 0.29) is 5.75 Å². The van der Waals surface area contributed by atoms with Gasteiger partial charge < -0.3 is 15.5 Å². The molecule has 1 heterocycles. The number of piperidine rings is 1. The molecule has 6 nitrogen and oxygen atoms in total. The molecule has 0 radical (unpaired) electrons. The predicted molar refractivity (Wildman–Crippen MR) is 84.0 cm³/mol. The zero-order chi connectivity index (χ0) is 15.0. The fraction of sp³-hybridized carbons (Fsp3) is 0.923. The van der Waals surface area contributed by atoms with Crippen LogP contribution < -0.4 is 10.6 Å². The molecule has 0 spiro atoms. The Balaban J connectivity index is 2.28. The van der Waals surface area contributed by atoms with Crippen LogP contribution in [0.2, 0.25) is 0 Å². The summed E-state index contributed by atoms with van der Waals surface area (Å²) in [6, 6.07) is 0.424. The summed E-state index contributed by atoms with van der Waals surface area (Å²) in [4.78, 5) is 6.63. The normalized spacial score (nSPS) is 19.1. The molecule has 0 saturated carbocycles. The third-order valence-corrected chi connectivity index (χ3v) is 4.40. The van der Waals surface area contributed by atoms with E-state index < -0.39 is 9.84 Å². The van der Waals surface area contributed by atoms with Crippen LogP contribution in [0.15, 0.2) is 4.99 Å². The highest BCUT2D eigenvalue weighted by atomic mass is 32.2. The van der Waals surface area contributed by atoms with Gasteiger partial charge in [0.2, 0.25) is 0 Å². The van der Waals surface area contributed by atoms with Gasteiger partial charge in [-0.3, -0.25) is 4.99 Å². The molecule has 1 aliphatic rings. The van der Waals surface area contributed by atoms with Crippen LogP contribution in [0.4, 0.5) is 0 Å². The molecule has 0 aromatic carbocycles. The van der Waals surface area contributed by atoms with Crippen LogP contribution in [0, 0.1) is 0 Å². The van der Waals surface area contributed by atoms with E-state index in [0.717, 1.165) is 25.9 Å². The van der Waals surface area contributed by atoms with Crippen LogP contribution in [0.1, 0.15) is 26.2 Å². The van der Waals surface area contributed by atoms with Gasteiger partial charge in [0.05, 0.1) is 5.75 Å². The standard InChI is InChI=1S/C13H28N4O2S/c1-4-8-17-9-5-12(6-10-17)16-13(14-2)15-7-11-20(3,18)19/h12H,4-11H2,1-3H3,(H2,14,15,16). The average molecular weight is 304 g/mol. The maximum absolute atomic E-state index is 11.1. The van der Waals surface area contributed by atoms with E-state index in [1.54, 1.807) is 7.05 Å². The number of likely N-dealkylation sites (tertiary alicyclic amines) is 1. The zero-order valence-electron chi connectivity index (χ0n) is 12.9. The van der Waals surface area contributed by atoms with Gasteiger partial charge in [-0.1, -0.05) is 6.92 Å². The van der Waals surface area contributed by atoms with Gasteiger partial charge in [0.1, 0.15) is 9.84 Å². The van der Waals surface area contributed by atoms with Crippen molar-refractivity contribution in [1.29, 1.82) is 0 Å². The number of sulfone groups is 1. The van der Waals surface area contributed by atoms with Crippen LogP contribution in [-0.4, -0.2) is 70.6 Å². The second-order valence-corrected chi connectivity index (χ2v) is 7.65. The Labute approximate surface area is 122 Å². The highest BCUT2D eigenvalue weighted by molar-refractivity contribution is 7.90. The molecule has 1 saturated heterocycles. The summed E-state index contributed by atoms with van der Waals surface area (Å²) in [6.07, 6.45) is 4.65. The number of guanidine groups is 1. The van der Waals surface area contributed by atoms with E-state index in [0.29, 0.717) is 18.5 Å². The van der Waals surface area contributed by atoms with E-state index in [1.807, 2.05) is 0 Å². The lowest BCUT2D eigenvalue weighted by Gasteiger charge is -2.32. The first-order valence-corrected chi connectivity index (χ1v) is 9.38. The van der Waals surface area contributed by atoms with Crippen LogP contribution in [0.3, 0.4) is 0 Å². The topological polar surface area (TPSA) is 73.8 Å². The third-order valence-electron chi connectivity index (χ3n) is 3.46. The molecule has 7 heteroatoms. The number of rotatable bonds is 6. The van der Waals surface area contributed by atoms with Crippen LogP contribution in [-0.2, 0) is 9.84 Å². The second kappa shape index (κ2) is 8.46. The predicted octanol–water partition coefficient (Wildman–Crippen LogP) is 0.0704. The lowest BCUT2D eigenvalue weighted by atomic mass is 10.1. The first-order chi connectivity index (χ1) is 9.44. The second-order valence-electron chi connectivity index (χ2n) is 5.39. The SMILES string of the molecule is CCCN1CCC(NC(=NC)NCCS(C)(=O)=O)CC1. The van der Waals surface area contributed by atoms with Crippen LogP contribution in [0.25, 0.3) is 0 Å². The number of hydrogen-bond acceptors (Lipinski definition) is 4. The lowest BCUT2D eigenvalue weighted by molar-refractivity contribution is 0.206. The minimum absolute atomic E-state index is 0.128. The van der Waals surface area contributed by atoms with Crippen molar-refractivity contribution in [1.82, 2.24) is 15.5 Å². The molecule has 0 unspecified atom stereocenters. The molecular weight excluding hydrogens is 276 g/mol. The lowest BCUT2D eigenvalue weighted by Crippen LogP contribution is -2.49. The van der Waals surface area contributed by atoms with Crippen molar-refractivity contribution in [2.45, 2.75) is 32.2 Å². The Morgan fingerprint density at radius 3 is 2.50 bits per heavy atom. The molecule has 0 atom stereocenters. The average Bonchev–Trinajstić information content (AvgIpc) is 2.38. The third kappa shape index (κ3) is 7.09. The summed E-state index contributed by atoms with van der Waals surface area (Å²) in [5, 5.41) is 6.43. The van der Waals surface area contributed by atoms with Gasteiger partial charge in [0.25, 0.3) is 0 Å².